The molecule has 0 saturated heterocycles. The smallest absolute Gasteiger partial charge is 0.317 e. The van der Waals surface area contributed by atoms with E-state index in [1.807, 2.05) is 11.0 Å². The predicted octanol–water partition coefficient (Wildman–Crippen LogP) is 1.75. The van der Waals surface area contributed by atoms with Crippen LogP contribution in [0.3, 0.4) is 0 Å². The molecule has 0 heterocycles. The Morgan fingerprint density at radius 2 is 2.28 bits per heavy atom. The van der Waals surface area contributed by atoms with Gasteiger partial charge in [0.2, 0.25) is 0 Å². The molecule has 1 saturated carbocycles. The van der Waals surface area contributed by atoms with Gasteiger partial charge in [-0.25, -0.2) is 4.39 Å². The second-order valence-corrected chi connectivity index (χ2v) is 4.44. The quantitative estimate of drug-likeness (QED) is 0.862. The Kier molecular flexibility index (Phi) is 3.58. The van der Waals surface area contributed by atoms with E-state index in [1.54, 1.807) is 6.07 Å². The summed E-state index contributed by atoms with van der Waals surface area (Å²) in [6.07, 6.45) is 1.97. The molecule has 1 N–H and O–H groups in total. The molecule has 0 amide bonds. The SMILES string of the molecule is N#Cc1cc(F)ccc1CN(CC(=O)O)C1CC1. The van der Waals surface area contributed by atoms with E-state index < -0.39 is 11.8 Å². The van der Waals surface area contributed by atoms with Gasteiger partial charge in [0.05, 0.1) is 18.2 Å². The lowest BCUT2D eigenvalue weighted by molar-refractivity contribution is -0.138. The third-order valence-corrected chi connectivity index (χ3v) is 2.97. The Morgan fingerprint density at radius 3 is 2.83 bits per heavy atom. The fraction of sp³-hybridized carbons (Fsp3) is 0.385. The van der Waals surface area contributed by atoms with Crippen LogP contribution in [0.1, 0.15) is 24.0 Å². The van der Waals surface area contributed by atoms with Gasteiger partial charge in [-0.2, -0.15) is 5.26 Å². The van der Waals surface area contributed by atoms with E-state index in [1.165, 1.54) is 12.1 Å². The van der Waals surface area contributed by atoms with Crippen molar-refractivity contribution in [3.8, 4) is 6.07 Å². The number of carboxylic acid groups (broad SMARTS) is 1. The first kappa shape index (κ1) is 12.5. The lowest BCUT2D eigenvalue weighted by atomic mass is 10.1. The van der Waals surface area contributed by atoms with E-state index in [2.05, 4.69) is 0 Å². The number of aliphatic carboxylic acids is 1. The van der Waals surface area contributed by atoms with Gasteiger partial charge >= 0.3 is 5.97 Å². The highest BCUT2D eigenvalue weighted by molar-refractivity contribution is 5.69. The van der Waals surface area contributed by atoms with Crippen LogP contribution in [0.4, 0.5) is 4.39 Å². The molecule has 0 aromatic heterocycles. The molecule has 18 heavy (non-hydrogen) atoms. The first-order chi connectivity index (χ1) is 8.60. The summed E-state index contributed by atoms with van der Waals surface area (Å²) in [5.74, 6) is -1.34. The molecule has 0 aliphatic heterocycles. The highest BCUT2D eigenvalue weighted by Gasteiger charge is 2.30. The average molecular weight is 248 g/mol. The lowest BCUT2D eigenvalue weighted by Gasteiger charge is -2.20. The van der Waals surface area contributed by atoms with E-state index >= 15 is 0 Å². The van der Waals surface area contributed by atoms with Crippen LogP contribution in [0.25, 0.3) is 0 Å². The normalized spacial score (nSPS) is 14.5. The molecule has 2 rings (SSSR count). The minimum atomic E-state index is -0.887. The minimum absolute atomic E-state index is 0.0487. The topological polar surface area (TPSA) is 64.3 Å². The summed E-state index contributed by atoms with van der Waals surface area (Å²) in [6, 6.07) is 6.24. The standard InChI is InChI=1S/C13H13FN2O2/c14-11-2-1-9(10(5-11)6-15)7-16(8-13(17)18)12-3-4-12/h1-2,5,12H,3-4,7-8H2,(H,17,18). The molecule has 4 nitrogen and oxygen atoms in total. The van der Waals surface area contributed by atoms with Crippen molar-refractivity contribution < 1.29 is 14.3 Å². The Bertz CT molecular complexity index is 506. The summed E-state index contributed by atoms with van der Waals surface area (Å²) in [4.78, 5) is 12.6. The molecule has 1 aromatic rings. The van der Waals surface area contributed by atoms with Crippen molar-refractivity contribution in [2.45, 2.75) is 25.4 Å². The van der Waals surface area contributed by atoms with Crippen LogP contribution in [0, 0.1) is 17.1 Å². The summed E-state index contributed by atoms with van der Waals surface area (Å²) in [5.41, 5.74) is 0.943. The number of halogens is 1. The van der Waals surface area contributed by atoms with E-state index in [0.29, 0.717) is 12.1 Å². The summed E-state index contributed by atoms with van der Waals surface area (Å²) in [7, 11) is 0. The third kappa shape index (κ3) is 3.05. The van der Waals surface area contributed by atoms with Gasteiger partial charge in [-0.05, 0) is 30.5 Å². The van der Waals surface area contributed by atoms with Crippen molar-refractivity contribution in [1.29, 1.82) is 5.26 Å². The van der Waals surface area contributed by atoms with Crippen LogP contribution in [-0.2, 0) is 11.3 Å². The van der Waals surface area contributed by atoms with Gasteiger partial charge in [-0.3, -0.25) is 9.69 Å². The van der Waals surface area contributed by atoms with E-state index in [9.17, 15) is 9.18 Å². The zero-order valence-corrected chi connectivity index (χ0v) is 9.77. The maximum absolute atomic E-state index is 13.0. The molecule has 0 unspecified atom stereocenters. The lowest BCUT2D eigenvalue weighted by Crippen LogP contribution is -2.31. The van der Waals surface area contributed by atoms with Crippen LogP contribution in [0.5, 0.6) is 0 Å². The van der Waals surface area contributed by atoms with E-state index in [4.69, 9.17) is 10.4 Å². The van der Waals surface area contributed by atoms with Crippen molar-refractivity contribution in [2.75, 3.05) is 6.54 Å². The van der Waals surface area contributed by atoms with Crippen molar-refractivity contribution >= 4 is 5.97 Å². The van der Waals surface area contributed by atoms with Gasteiger partial charge < -0.3 is 5.11 Å². The molecule has 1 aliphatic carbocycles. The van der Waals surface area contributed by atoms with Crippen molar-refractivity contribution in [3.05, 3.63) is 35.1 Å². The largest absolute Gasteiger partial charge is 0.480 e. The van der Waals surface area contributed by atoms with Crippen LogP contribution < -0.4 is 0 Å². The second-order valence-electron chi connectivity index (χ2n) is 4.44. The van der Waals surface area contributed by atoms with Gasteiger partial charge in [0.1, 0.15) is 5.82 Å². The molecule has 0 bridgehead atoms. The molecule has 1 aromatic carbocycles. The minimum Gasteiger partial charge on any atom is -0.480 e. The fourth-order valence-corrected chi connectivity index (χ4v) is 1.94. The number of carbonyl (C=O) groups is 1. The second kappa shape index (κ2) is 5.15. The molecule has 1 fully saturated rings. The molecule has 5 heteroatoms. The maximum Gasteiger partial charge on any atom is 0.317 e. The number of nitriles is 1. The number of carboxylic acids is 1. The summed E-state index contributed by atoms with van der Waals surface area (Å²) >= 11 is 0. The molecule has 0 atom stereocenters. The van der Waals surface area contributed by atoms with Gasteiger partial charge in [0.25, 0.3) is 0 Å². The Balaban J connectivity index is 2.16. The first-order valence-corrected chi connectivity index (χ1v) is 5.74. The predicted molar refractivity (Wildman–Crippen MR) is 62.2 cm³/mol. The van der Waals surface area contributed by atoms with E-state index in [-0.39, 0.29) is 18.2 Å². The molecular weight excluding hydrogens is 235 g/mol. The number of nitrogens with zero attached hydrogens (tertiary/aromatic N) is 2. The number of hydrogen-bond acceptors (Lipinski definition) is 3. The highest BCUT2D eigenvalue weighted by Crippen LogP contribution is 2.28. The highest BCUT2D eigenvalue weighted by atomic mass is 19.1. The average Bonchev–Trinajstić information content (AvgIpc) is 3.13. The summed E-state index contributed by atoms with van der Waals surface area (Å²) < 4.78 is 13.0. The Hall–Kier alpha value is -1.93. The van der Waals surface area contributed by atoms with Crippen LogP contribution >= 0.6 is 0 Å². The van der Waals surface area contributed by atoms with Gasteiger partial charge in [-0.15, -0.1) is 0 Å². The van der Waals surface area contributed by atoms with Gasteiger partial charge in [-0.1, -0.05) is 6.07 Å². The summed E-state index contributed by atoms with van der Waals surface area (Å²) in [6.45, 7) is 0.326. The molecule has 0 radical (unpaired) electrons. The van der Waals surface area contributed by atoms with Crippen LogP contribution in [0.15, 0.2) is 18.2 Å². The zero-order chi connectivity index (χ0) is 13.1. The van der Waals surface area contributed by atoms with Gasteiger partial charge in [0, 0.05) is 12.6 Å². The van der Waals surface area contributed by atoms with Crippen LogP contribution in [0.2, 0.25) is 0 Å². The maximum atomic E-state index is 13.0. The summed E-state index contributed by atoms with van der Waals surface area (Å²) in [5, 5.41) is 17.8. The molecular formula is C13H13FN2O2. The van der Waals surface area contributed by atoms with Gasteiger partial charge in [0.15, 0.2) is 0 Å². The number of rotatable bonds is 5. The molecule has 1 aliphatic rings. The molecule has 94 valence electrons. The van der Waals surface area contributed by atoms with Crippen molar-refractivity contribution in [2.24, 2.45) is 0 Å². The Morgan fingerprint density at radius 1 is 1.56 bits per heavy atom. The van der Waals surface area contributed by atoms with Crippen molar-refractivity contribution in [1.82, 2.24) is 4.90 Å². The number of hydrogen-bond donors (Lipinski definition) is 1. The Labute approximate surface area is 104 Å². The monoisotopic (exact) mass is 248 g/mol. The van der Waals surface area contributed by atoms with Crippen molar-refractivity contribution in [3.63, 3.8) is 0 Å². The van der Waals surface area contributed by atoms with Crippen LogP contribution in [-0.4, -0.2) is 28.6 Å². The zero-order valence-electron chi connectivity index (χ0n) is 9.77. The number of benzene rings is 1. The van der Waals surface area contributed by atoms with E-state index in [0.717, 1.165) is 12.8 Å². The fourth-order valence-electron chi connectivity index (χ4n) is 1.94. The first-order valence-electron chi connectivity index (χ1n) is 5.74. The molecule has 0 spiro atoms. The third-order valence-electron chi connectivity index (χ3n) is 2.97.